The first-order valence-corrected chi connectivity index (χ1v) is 7.93. The Kier molecular flexibility index (Phi) is 4.96. The summed E-state index contributed by atoms with van der Waals surface area (Å²) in [6.45, 7) is 1.97. The van der Waals surface area contributed by atoms with E-state index in [2.05, 4.69) is 5.32 Å². The molecule has 1 aromatic heterocycles. The van der Waals surface area contributed by atoms with Crippen molar-refractivity contribution >= 4 is 5.91 Å². The Hall–Kier alpha value is -3.01. The first kappa shape index (κ1) is 15.9. The second-order valence-electron chi connectivity index (χ2n) is 5.57. The van der Waals surface area contributed by atoms with Gasteiger partial charge < -0.3 is 14.6 Å². The summed E-state index contributed by atoms with van der Waals surface area (Å²) in [4.78, 5) is 12.0. The van der Waals surface area contributed by atoms with Crippen LogP contribution in [0.5, 0.6) is 5.75 Å². The lowest BCUT2D eigenvalue weighted by atomic mass is 10.1. The number of hydrogen-bond acceptors (Lipinski definition) is 2. The van der Waals surface area contributed by atoms with Gasteiger partial charge >= 0.3 is 0 Å². The van der Waals surface area contributed by atoms with Crippen molar-refractivity contribution in [3.8, 4) is 11.4 Å². The molecule has 1 heterocycles. The van der Waals surface area contributed by atoms with Crippen LogP contribution in [0.15, 0.2) is 79.1 Å². The van der Waals surface area contributed by atoms with E-state index in [1.807, 2.05) is 90.6 Å². The number of para-hydroxylation sites is 1. The van der Waals surface area contributed by atoms with Gasteiger partial charge in [-0.1, -0.05) is 30.3 Å². The minimum absolute atomic E-state index is 0.00973. The Balaban J connectivity index is 1.54. The summed E-state index contributed by atoms with van der Waals surface area (Å²) >= 11 is 0. The molecule has 1 N–H and O–H groups in total. The zero-order chi connectivity index (χ0) is 16.8. The molecule has 1 atom stereocenters. The normalized spacial score (nSPS) is 11.7. The molecule has 24 heavy (non-hydrogen) atoms. The number of aromatic nitrogens is 1. The van der Waals surface area contributed by atoms with Crippen LogP contribution in [-0.2, 0) is 4.79 Å². The minimum Gasteiger partial charge on any atom is -0.484 e. The van der Waals surface area contributed by atoms with Crippen LogP contribution < -0.4 is 10.1 Å². The highest BCUT2D eigenvalue weighted by Crippen LogP contribution is 2.16. The van der Waals surface area contributed by atoms with E-state index in [1.54, 1.807) is 0 Å². The Labute approximate surface area is 141 Å². The average Bonchev–Trinajstić information content (AvgIpc) is 3.16. The number of carbonyl (C=O) groups excluding carboxylic acids is 1. The average molecular weight is 320 g/mol. The van der Waals surface area contributed by atoms with Crippen LogP contribution in [0.25, 0.3) is 5.69 Å². The van der Waals surface area contributed by atoms with Crippen LogP contribution in [0.1, 0.15) is 18.5 Å². The molecular formula is C20H20N2O2. The molecule has 0 spiro atoms. The van der Waals surface area contributed by atoms with Crippen LogP contribution in [0, 0.1) is 0 Å². The minimum atomic E-state index is -0.138. The SMILES string of the molecule is C[C@@H](NC(=O)COc1ccccc1)c1ccc(-n2cccc2)cc1. The molecular weight excluding hydrogens is 300 g/mol. The van der Waals surface area contributed by atoms with Crippen molar-refractivity contribution in [1.29, 1.82) is 0 Å². The molecule has 122 valence electrons. The summed E-state index contributed by atoms with van der Waals surface area (Å²) in [5, 5.41) is 2.95. The fourth-order valence-electron chi connectivity index (χ4n) is 2.47. The molecule has 0 fully saturated rings. The van der Waals surface area contributed by atoms with Gasteiger partial charge in [0.05, 0.1) is 6.04 Å². The van der Waals surface area contributed by atoms with E-state index < -0.39 is 0 Å². The molecule has 0 unspecified atom stereocenters. The van der Waals surface area contributed by atoms with Crippen molar-refractivity contribution in [3.05, 3.63) is 84.7 Å². The van der Waals surface area contributed by atoms with Crippen molar-refractivity contribution in [3.63, 3.8) is 0 Å². The van der Waals surface area contributed by atoms with Gasteiger partial charge in [0.1, 0.15) is 5.75 Å². The van der Waals surface area contributed by atoms with Gasteiger partial charge in [-0.3, -0.25) is 4.79 Å². The summed E-state index contributed by atoms with van der Waals surface area (Å²) < 4.78 is 7.50. The predicted octanol–water partition coefficient (Wildman–Crippen LogP) is 3.73. The molecule has 0 saturated carbocycles. The summed E-state index contributed by atoms with van der Waals surface area (Å²) in [5.74, 6) is 0.553. The molecule has 3 rings (SSSR count). The van der Waals surface area contributed by atoms with Gasteiger partial charge in [0, 0.05) is 18.1 Å². The molecule has 0 radical (unpaired) electrons. The van der Waals surface area contributed by atoms with E-state index in [0.717, 1.165) is 11.3 Å². The van der Waals surface area contributed by atoms with E-state index in [9.17, 15) is 4.79 Å². The second kappa shape index (κ2) is 7.51. The van der Waals surface area contributed by atoms with Gasteiger partial charge in [-0.05, 0) is 48.9 Å². The largest absolute Gasteiger partial charge is 0.484 e. The summed E-state index contributed by atoms with van der Waals surface area (Å²) in [6.07, 6.45) is 4.00. The van der Waals surface area contributed by atoms with Crippen LogP contribution >= 0.6 is 0 Å². The van der Waals surface area contributed by atoms with Gasteiger partial charge in [0.15, 0.2) is 6.61 Å². The standard InChI is InChI=1S/C20H20N2O2/c1-16(21-20(23)15-24-19-7-3-2-4-8-19)17-9-11-18(12-10-17)22-13-5-6-14-22/h2-14,16H,15H2,1H3,(H,21,23)/t16-/m1/s1. The Morgan fingerprint density at radius 2 is 1.67 bits per heavy atom. The molecule has 2 aromatic carbocycles. The molecule has 1 amide bonds. The molecule has 4 heteroatoms. The van der Waals surface area contributed by atoms with Crippen LogP contribution in [0.3, 0.4) is 0 Å². The fourth-order valence-corrected chi connectivity index (χ4v) is 2.47. The monoisotopic (exact) mass is 320 g/mol. The third kappa shape index (κ3) is 4.04. The highest BCUT2D eigenvalue weighted by Gasteiger charge is 2.10. The van der Waals surface area contributed by atoms with E-state index in [-0.39, 0.29) is 18.6 Å². The number of amides is 1. The second-order valence-corrected chi connectivity index (χ2v) is 5.57. The smallest absolute Gasteiger partial charge is 0.258 e. The molecule has 0 aliphatic rings. The van der Waals surface area contributed by atoms with Gasteiger partial charge in [-0.2, -0.15) is 0 Å². The highest BCUT2D eigenvalue weighted by atomic mass is 16.5. The number of rotatable bonds is 6. The Bertz CT molecular complexity index is 765. The number of carbonyl (C=O) groups is 1. The fraction of sp³-hybridized carbons (Fsp3) is 0.150. The van der Waals surface area contributed by atoms with E-state index in [1.165, 1.54) is 0 Å². The number of nitrogens with zero attached hydrogens (tertiary/aromatic N) is 1. The maximum absolute atomic E-state index is 12.0. The zero-order valence-corrected chi connectivity index (χ0v) is 13.6. The van der Waals surface area contributed by atoms with Gasteiger partial charge in [0.2, 0.25) is 0 Å². The summed E-state index contributed by atoms with van der Waals surface area (Å²) in [5.41, 5.74) is 2.15. The number of benzene rings is 2. The summed E-state index contributed by atoms with van der Waals surface area (Å²) in [7, 11) is 0. The first-order valence-electron chi connectivity index (χ1n) is 7.93. The van der Waals surface area contributed by atoms with Crippen molar-refractivity contribution in [2.24, 2.45) is 0 Å². The maximum atomic E-state index is 12.0. The van der Waals surface area contributed by atoms with E-state index in [0.29, 0.717) is 5.75 Å². The lowest BCUT2D eigenvalue weighted by Gasteiger charge is -2.15. The lowest BCUT2D eigenvalue weighted by molar-refractivity contribution is -0.123. The quantitative estimate of drug-likeness (QED) is 0.752. The van der Waals surface area contributed by atoms with Crippen molar-refractivity contribution in [2.45, 2.75) is 13.0 Å². The zero-order valence-electron chi connectivity index (χ0n) is 13.6. The molecule has 0 bridgehead atoms. The number of ether oxygens (including phenoxy) is 1. The van der Waals surface area contributed by atoms with Gasteiger partial charge in [0.25, 0.3) is 5.91 Å². The van der Waals surface area contributed by atoms with Crippen molar-refractivity contribution in [1.82, 2.24) is 9.88 Å². The number of nitrogens with one attached hydrogen (secondary N) is 1. The topological polar surface area (TPSA) is 43.3 Å². The van der Waals surface area contributed by atoms with E-state index >= 15 is 0 Å². The Morgan fingerprint density at radius 3 is 2.33 bits per heavy atom. The molecule has 4 nitrogen and oxygen atoms in total. The van der Waals surface area contributed by atoms with Gasteiger partial charge in [-0.15, -0.1) is 0 Å². The summed E-state index contributed by atoms with van der Waals surface area (Å²) in [6, 6.07) is 21.4. The number of hydrogen-bond donors (Lipinski definition) is 1. The first-order chi connectivity index (χ1) is 11.7. The third-order valence-electron chi connectivity index (χ3n) is 3.79. The third-order valence-corrected chi connectivity index (χ3v) is 3.79. The van der Waals surface area contributed by atoms with Crippen molar-refractivity contribution < 1.29 is 9.53 Å². The van der Waals surface area contributed by atoms with Crippen LogP contribution in [0.2, 0.25) is 0 Å². The Morgan fingerprint density at radius 1 is 1.00 bits per heavy atom. The van der Waals surface area contributed by atoms with Crippen LogP contribution in [0.4, 0.5) is 0 Å². The predicted molar refractivity (Wildman–Crippen MR) is 94.3 cm³/mol. The maximum Gasteiger partial charge on any atom is 0.258 e. The van der Waals surface area contributed by atoms with Crippen molar-refractivity contribution in [2.75, 3.05) is 6.61 Å². The molecule has 0 saturated heterocycles. The molecule has 0 aliphatic carbocycles. The highest BCUT2D eigenvalue weighted by molar-refractivity contribution is 5.78. The molecule has 0 aliphatic heterocycles. The van der Waals surface area contributed by atoms with Crippen LogP contribution in [-0.4, -0.2) is 17.1 Å². The van der Waals surface area contributed by atoms with E-state index in [4.69, 9.17) is 4.74 Å². The lowest BCUT2D eigenvalue weighted by Crippen LogP contribution is -2.31. The molecule has 3 aromatic rings. The van der Waals surface area contributed by atoms with Gasteiger partial charge in [-0.25, -0.2) is 0 Å².